The molecule has 0 unspecified atom stereocenters. The van der Waals surface area contributed by atoms with Crippen molar-refractivity contribution in [2.75, 3.05) is 10.5 Å². The fourth-order valence-corrected chi connectivity index (χ4v) is 5.55. The maximum absolute atomic E-state index is 13.7. The van der Waals surface area contributed by atoms with E-state index in [9.17, 15) is 8.42 Å². The first-order valence-corrected chi connectivity index (χ1v) is 13.4. The molecule has 0 aliphatic rings. The topological polar surface area (TPSA) is 116 Å². The van der Waals surface area contributed by atoms with Crippen molar-refractivity contribution in [3.63, 3.8) is 0 Å². The van der Waals surface area contributed by atoms with Gasteiger partial charge in [0.15, 0.2) is 5.65 Å². The molecule has 0 aliphatic carbocycles. The highest BCUT2D eigenvalue weighted by molar-refractivity contribution is 7.92. The van der Waals surface area contributed by atoms with Crippen LogP contribution in [0, 0.1) is 0 Å². The summed E-state index contributed by atoms with van der Waals surface area (Å²) in [5, 5.41) is 0.418. The minimum Gasteiger partial charge on any atom is -0.368 e. The van der Waals surface area contributed by atoms with Gasteiger partial charge in [-0.2, -0.15) is 4.98 Å². The highest BCUT2D eigenvalue weighted by Gasteiger charge is 2.22. The summed E-state index contributed by atoms with van der Waals surface area (Å²) in [5.74, 6) is 0.0739. The lowest BCUT2D eigenvalue weighted by molar-refractivity contribution is 0.590. The van der Waals surface area contributed by atoms with Crippen molar-refractivity contribution in [1.82, 2.24) is 19.5 Å². The summed E-state index contributed by atoms with van der Waals surface area (Å²) in [6.07, 6.45) is 3.02. The molecule has 3 aromatic carbocycles. The molecular weight excluding hydrogens is 508 g/mol. The van der Waals surface area contributed by atoms with Crippen LogP contribution in [-0.2, 0) is 15.4 Å². The van der Waals surface area contributed by atoms with E-state index in [1.54, 1.807) is 41.0 Å². The van der Waals surface area contributed by atoms with E-state index in [1.165, 1.54) is 12.5 Å². The Hall–Kier alpha value is -3.95. The molecule has 5 aromatic rings. The lowest BCUT2D eigenvalue weighted by Crippen LogP contribution is -2.16. The number of nitrogens with two attached hydrogens (primary N) is 1. The maximum Gasteiger partial charge on any atom is 0.262 e. The third-order valence-corrected chi connectivity index (χ3v) is 7.67. The summed E-state index contributed by atoms with van der Waals surface area (Å²) in [5.41, 5.74) is 10.0. The predicted octanol–water partition coefficient (Wildman–Crippen LogP) is 5.82. The van der Waals surface area contributed by atoms with Gasteiger partial charge in [-0.3, -0.25) is 9.29 Å². The number of halogens is 1. The van der Waals surface area contributed by atoms with E-state index in [0.717, 1.165) is 11.1 Å². The highest BCUT2D eigenvalue weighted by Crippen LogP contribution is 2.33. The second-order valence-electron chi connectivity index (χ2n) is 9.64. The molecular formula is C27H25ClN6O2S. The van der Waals surface area contributed by atoms with Crippen molar-refractivity contribution in [3.05, 3.63) is 89.8 Å². The predicted molar refractivity (Wildman–Crippen MR) is 147 cm³/mol. The quantitative estimate of drug-likeness (QED) is 0.295. The zero-order chi connectivity index (χ0) is 26.4. The summed E-state index contributed by atoms with van der Waals surface area (Å²) in [6.45, 7) is 6.41. The second kappa shape index (κ2) is 9.17. The first-order chi connectivity index (χ1) is 17.5. The lowest BCUT2D eigenvalue weighted by Gasteiger charge is -2.20. The number of rotatable bonds is 5. The van der Waals surface area contributed by atoms with Gasteiger partial charge in [-0.1, -0.05) is 74.8 Å². The molecule has 2 heterocycles. The van der Waals surface area contributed by atoms with Crippen LogP contribution in [0.15, 0.2) is 84.1 Å². The average Bonchev–Trinajstić information content (AvgIpc) is 3.27. The van der Waals surface area contributed by atoms with Crippen LogP contribution < -0.4 is 10.5 Å². The first-order valence-electron chi connectivity index (χ1n) is 11.5. The summed E-state index contributed by atoms with van der Waals surface area (Å²) >= 11 is 6.29. The number of aromatic nitrogens is 4. The molecule has 10 heteroatoms. The van der Waals surface area contributed by atoms with Crippen LogP contribution in [-0.4, -0.2) is 27.9 Å². The van der Waals surface area contributed by atoms with E-state index < -0.39 is 10.0 Å². The Morgan fingerprint density at radius 2 is 1.70 bits per heavy atom. The normalized spacial score (nSPS) is 12.1. The van der Waals surface area contributed by atoms with Gasteiger partial charge in [-0.15, -0.1) is 0 Å². The summed E-state index contributed by atoms with van der Waals surface area (Å²) in [6, 6.07) is 19.7. The summed E-state index contributed by atoms with van der Waals surface area (Å²) < 4.78 is 31.8. The van der Waals surface area contributed by atoms with Gasteiger partial charge < -0.3 is 5.73 Å². The van der Waals surface area contributed by atoms with Crippen LogP contribution in [0.3, 0.4) is 0 Å². The number of anilines is 2. The monoisotopic (exact) mass is 532 g/mol. The molecule has 8 nitrogen and oxygen atoms in total. The summed E-state index contributed by atoms with van der Waals surface area (Å²) in [4.78, 5) is 12.7. The molecule has 37 heavy (non-hydrogen) atoms. The fourth-order valence-electron chi connectivity index (χ4n) is 4.08. The fraction of sp³-hybridized carbons (Fsp3) is 0.148. The molecule has 0 bridgehead atoms. The van der Waals surface area contributed by atoms with Crippen LogP contribution in [0.4, 0.5) is 11.6 Å². The van der Waals surface area contributed by atoms with Gasteiger partial charge in [0.1, 0.15) is 11.8 Å². The summed E-state index contributed by atoms with van der Waals surface area (Å²) in [7, 11) is -4.00. The van der Waals surface area contributed by atoms with Gasteiger partial charge in [0.25, 0.3) is 10.0 Å². The number of nitrogens with zero attached hydrogens (tertiary/aromatic N) is 4. The van der Waals surface area contributed by atoms with E-state index in [-0.39, 0.29) is 16.3 Å². The van der Waals surface area contributed by atoms with E-state index in [0.29, 0.717) is 33.1 Å². The molecule has 0 saturated carbocycles. The van der Waals surface area contributed by atoms with Crippen LogP contribution >= 0.6 is 11.6 Å². The number of hydrogen-bond acceptors (Lipinski definition) is 6. The van der Waals surface area contributed by atoms with E-state index in [2.05, 4.69) is 40.4 Å². The van der Waals surface area contributed by atoms with Gasteiger partial charge in [-0.25, -0.2) is 18.4 Å². The number of nitrogen functional groups attached to an aromatic ring is 1. The van der Waals surface area contributed by atoms with Gasteiger partial charge in [0.2, 0.25) is 5.95 Å². The Morgan fingerprint density at radius 3 is 2.43 bits per heavy atom. The molecule has 0 aliphatic heterocycles. The molecule has 0 spiro atoms. The zero-order valence-electron chi connectivity index (χ0n) is 20.5. The van der Waals surface area contributed by atoms with Crippen molar-refractivity contribution >= 4 is 44.4 Å². The van der Waals surface area contributed by atoms with E-state index in [1.807, 2.05) is 30.3 Å². The number of fused-ring (bicyclic) bond motifs is 1. The van der Waals surface area contributed by atoms with Gasteiger partial charge in [0, 0.05) is 10.6 Å². The molecule has 0 fully saturated rings. The largest absolute Gasteiger partial charge is 0.368 e. The molecule has 0 saturated heterocycles. The van der Waals surface area contributed by atoms with Crippen molar-refractivity contribution in [1.29, 1.82) is 0 Å². The van der Waals surface area contributed by atoms with Gasteiger partial charge in [-0.05, 0) is 40.8 Å². The number of nitrogens with one attached hydrogen (secondary N) is 1. The second-order valence-corrected chi connectivity index (χ2v) is 11.7. The van der Waals surface area contributed by atoms with Crippen LogP contribution in [0.1, 0.15) is 26.3 Å². The zero-order valence-corrected chi connectivity index (χ0v) is 22.0. The van der Waals surface area contributed by atoms with E-state index in [4.69, 9.17) is 17.3 Å². The van der Waals surface area contributed by atoms with Gasteiger partial charge >= 0.3 is 0 Å². The molecule has 0 amide bonds. The molecule has 5 rings (SSSR count). The van der Waals surface area contributed by atoms with Crippen molar-refractivity contribution < 1.29 is 8.42 Å². The van der Waals surface area contributed by atoms with Crippen molar-refractivity contribution in [2.45, 2.75) is 31.1 Å². The molecule has 0 radical (unpaired) electrons. The smallest absolute Gasteiger partial charge is 0.262 e. The average molecular weight is 533 g/mol. The number of benzene rings is 3. The number of hydrogen-bond donors (Lipinski definition) is 2. The van der Waals surface area contributed by atoms with Gasteiger partial charge in [0.05, 0.1) is 22.5 Å². The third-order valence-electron chi connectivity index (χ3n) is 6.01. The maximum atomic E-state index is 13.7. The molecule has 188 valence electrons. The standard InChI is InChI=1S/C27H25ClN6O2S/c1-27(2,3)18-10-8-17(9-11-18)20-6-4-5-7-24(20)37(35,36)33-21-13-12-19(28)14-23(21)34-16-31-22-15-30-26(29)32-25(22)34/h4-16,33H,1-3H3,(H2,29,30,32). The Kier molecular flexibility index (Phi) is 6.13. The Bertz CT molecular complexity index is 1720. The molecule has 3 N–H and O–H groups in total. The third kappa shape index (κ3) is 4.87. The first kappa shape index (κ1) is 24.7. The molecule has 2 aromatic heterocycles. The van der Waals surface area contributed by atoms with Crippen molar-refractivity contribution in [2.24, 2.45) is 0 Å². The Morgan fingerprint density at radius 1 is 0.973 bits per heavy atom. The Balaban J connectivity index is 1.58. The van der Waals surface area contributed by atoms with Crippen LogP contribution in [0.5, 0.6) is 0 Å². The van der Waals surface area contributed by atoms with Crippen molar-refractivity contribution in [3.8, 4) is 16.8 Å². The Labute approximate surface area is 220 Å². The minimum absolute atomic E-state index is 0.0102. The number of sulfonamides is 1. The minimum atomic E-state index is -4.00. The number of imidazole rings is 1. The highest BCUT2D eigenvalue weighted by atomic mass is 35.5. The van der Waals surface area contributed by atoms with E-state index >= 15 is 0 Å². The SMILES string of the molecule is CC(C)(C)c1ccc(-c2ccccc2S(=O)(=O)Nc2ccc(Cl)cc2-n2cnc3cnc(N)nc32)cc1. The molecule has 0 atom stereocenters. The lowest BCUT2D eigenvalue weighted by atomic mass is 9.86. The van der Waals surface area contributed by atoms with Crippen LogP contribution in [0.25, 0.3) is 28.0 Å². The van der Waals surface area contributed by atoms with Crippen LogP contribution in [0.2, 0.25) is 5.02 Å².